The zero-order valence-electron chi connectivity index (χ0n) is 12.1. The topological polar surface area (TPSA) is 76.8 Å². The van der Waals surface area contributed by atoms with Crippen LogP contribution in [0.5, 0.6) is 0 Å². The summed E-state index contributed by atoms with van der Waals surface area (Å²) in [7, 11) is 1.95. The molecule has 1 aliphatic rings. The molecule has 3 heterocycles. The Balaban J connectivity index is 1.60. The van der Waals surface area contributed by atoms with Crippen molar-refractivity contribution in [2.75, 3.05) is 13.1 Å². The van der Waals surface area contributed by atoms with Gasteiger partial charge in [-0.3, -0.25) is 4.79 Å². The van der Waals surface area contributed by atoms with E-state index < -0.39 is 0 Å². The third-order valence-electron chi connectivity index (χ3n) is 3.91. The van der Waals surface area contributed by atoms with Gasteiger partial charge in [0.25, 0.3) is 5.91 Å². The van der Waals surface area contributed by atoms with E-state index in [9.17, 15) is 4.79 Å². The summed E-state index contributed by atoms with van der Waals surface area (Å²) in [5, 5.41) is 14.3. The molecule has 0 radical (unpaired) electrons. The maximum absolute atomic E-state index is 12.1. The molecule has 0 spiro atoms. The molecular weight excluding hydrogens is 268 g/mol. The number of aromatic nitrogens is 4. The Bertz CT molecular complexity index is 611. The zero-order chi connectivity index (χ0) is 14.7. The summed E-state index contributed by atoms with van der Waals surface area (Å²) < 4.78 is 3.80. The molecule has 0 atom stereocenters. The van der Waals surface area contributed by atoms with Crippen LogP contribution in [0.4, 0.5) is 0 Å². The number of nitrogens with zero attached hydrogens (tertiary/aromatic N) is 4. The van der Waals surface area contributed by atoms with Gasteiger partial charge in [-0.1, -0.05) is 5.21 Å². The van der Waals surface area contributed by atoms with Crippen molar-refractivity contribution in [3.63, 3.8) is 0 Å². The van der Waals surface area contributed by atoms with E-state index in [-0.39, 0.29) is 5.91 Å². The lowest BCUT2D eigenvalue weighted by atomic mass is 10.1. The third-order valence-corrected chi connectivity index (χ3v) is 3.91. The molecule has 1 aliphatic heterocycles. The smallest absolute Gasteiger partial charge is 0.273 e. The number of piperidine rings is 1. The molecule has 1 amide bonds. The number of carbonyl (C=O) groups is 1. The minimum absolute atomic E-state index is 0.184. The molecule has 2 N–H and O–H groups in total. The molecular formula is C14H20N6O. The fourth-order valence-corrected chi connectivity index (χ4v) is 2.57. The van der Waals surface area contributed by atoms with Crippen molar-refractivity contribution in [2.24, 2.45) is 7.05 Å². The first kappa shape index (κ1) is 13.8. The molecule has 0 aliphatic carbocycles. The highest BCUT2D eigenvalue weighted by molar-refractivity contribution is 5.91. The summed E-state index contributed by atoms with van der Waals surface area (Å²) in [6, 6.07) is 4.27. The summed E-state index contributed by atoms with van der Waals surface area (Å²) in [6.07, 6.45) is 5.74. The average Bonchev–Trinajstić information content (AvgIpc) is 3.15. The molecule has 2 aromatic rings. The minimum atomic E-state index is -0.184. The Kier molecular flexibility index (Phi) is 4.01. The highest BCUT2D eigenvalue weighted by Gasteiger charge is 2.18. The summed E-state index contributed by atoms with van der Waals surface area (Å²) in [5.41, 5.74) is 1.43. The van der Waals surface area contributed by atoms with E-state index in [0.29, 0.717) is 18.3 Å². The van der Waals surface area contributed by atoms with Gasteiger partial charge in [-0.25, -0.2) is 4.68 Å². The maximum atomic E-state index is 12.1. The fourth-order valence-electron chi connectivity index (χ4n) is 2.57. The van der Waals surface area contributed by atoms with Crippen LogP contribution in [0.25, 0.3) is 0 Å². The summed E-state index contributed by atoms with van der Waals surface area (Å²) in [5.74, 6) is -0.184. The molecule has 1 saturated heterocycles. The van der Waals surface area contributed by atoms with Crippen LogP contribution in [-0.2, 0) is 13.6 Å². The second-order valence-electron chi connectivity index (χ2n) is 5.36. The predicted molar refractivity (Wildman–Crippen MR) is 77.7 cm³/mol. The van der Waals surface area contributed by atoms with Gasteiger partial charge in [-0.05, 0) is 38.1 Å². The number of amides is 1. The van der Waals surface area contributed by atoms with Crippen LogP contribution >= 0.6 is 0 Å². The normalized spacial score (nSPS) is 16.0. The van der Waals surface area contributed by atoms with Crippen molar-refractivity contribution < 1.29 is 4.79 Å². The summed E-state index contributed by atoms with van der Waals surface area (Å²) >= 11 is 0. The van der Waals surface area contributed by atoms with Crippen LogP contribution in [0, 0.1) is 0 Å². The SMILES string of the molecule is Cn1cccc1CNC(=O)c1cn(C2CCNCC2)nn1. The zero-order valence-corrected chi connectivity index (χ0v) is 12.1. The largest absolute Gasteiger partial charge is 0.353 e. The highest BCUT2D eigenvalue weighted by atomic mass is 16.2. The quantitative estimate of drug-likeness (QED) is 0.857. The molecule has 0 bridgehead atoms. The van der Waals surface area contributed by atoms with Crippen molar-refractivity contribution in [3.8, 4) is 0 Å². The Labute approximate surface area is 123 Å². The molecule has 7 heteroatoms. The van der Waals surface area contributed by atoms with E-state index in [0.717, 1.165) is 31.6 Å². The number of nitrogens with one attached hydrogen (secondary N) is 2. The van der Waals surface area contributed by atoms with E-state index in [1.165, 1.54) is 0 Å². The van der Waals surface area contributed by atoms with Gasteiger partial charge in [-0.15, -0.1) is 5.10 Å². The number of rotatable bonds is 4. The first-order valence-corrected chi connectivity index (χ1v) is 7.25. The Morgan fingerprint density at radius 1 is 1.48 bits per heavy atom. The minimum Gasteiger partial charge on any atom is -0.353 e. The van der Waals surface area contributed by atoms with Gasteiger partial charge in [0, 0.05) is 18.9 Å². The van der Waals surface area contributed by atoms with Crippen molar-refractivity contribution in [1.82, 2.24) is 30.2 Å². The highest BCUT2D eigenvalue weighted by Crippen LogP contribution is 2.16. The van der Waals surface area contributed by atoms with Crippen LogP contribution in [0.1, 0.15) is 35.1 Å². The monoisotopic (exact) mass is 288 g/mol. The number of hydrogen-bond acceptors (Lipinski definition) is 4. The number of hydrogen-bond donors (Lipinski definition) is 2. The molecule has 0 unspecified atom stereocenters. The standard InChI is InChI=1S/C14H20N6O/c1-19-8-2-3-12(19)9-16-14(21)13-10-20(18-17-13)11-4-6-15-7-5-11/h2-3,8,10-11,15H,4-7,9H2,1H3,(H,16,21). The fraction of sp³-hybridized carbons (Fsp3) is 0.500. The van der Waals surface area contributed by atoms with Crippen molar-refractivity contribution in [2.45, 2.75) is 25.4 Å². The lowest BCUT2D eigenvalue weighted by Gasteiger charge is -2.22. The van der Waals surface area contributed by atoms with Crippen LogP contribution in [-0.4, -0.2) is 38.6 Å². The van der Waals surface area contributed by atoms with Crippen molar-refractivity contribution in [1.29, 1.82) is 0 Å². The predicted octanol–water partition coefficient (Wildman–Crippen LogP) is 0.471. The van der Waals surface area contributed by atoms with Gasteiger partial charge >= 0.3 is 0 Å². The van der Waals surface area contributed by atoms with E-state index in [1.807, 2.05) is 34.6 Å². The lowest BCUT2D eigenvalue weighted by Crippen LogP contribution is -2.29. The van der Waals surface area contributed by atoms with Gasteiger partial charge in [0.05, 0.1) is 18.8 Å². The molecule has 3 rings (SSSR count). The first-order valence-electron chi connectivity index (χ1n) is 7.25. The molecule has 112 valence electrons. The average molecular weight is 288 g/mol. The third kappa shape index (κ3) is 3.13. The van der Waals surface area contributed by atoms with E-state index in [2.05, 4.69) is 20.9 Å². The van der Waals surface area contributed by atoms with E-state index in [1.54, 1.807) is 6.20 Å². The van der Waals surface area contributed by atoms with Gasteiger partial charge in [0.2, 0.25) is 0 Å². The second-order valence-corrected chi connectivity index (χ2v) is 5.36. The van der Waals surface area contributed by atoms with Gasteiger partial charge in [-0.2, -0.15) is 0 Å². The molecule has 0 aromatic carbocycles. The molecule has 7 nitrogen and oxygen atoms in total. The Morgan fingerprint density at radius 3 is 3.00 bits per heavy atom. The van der Waals surface area contributed by atoms with Crippen molar-refractivity contribution in [3.05, 3.63) is 35.9 Å². The molecule has 21 heavy (non-hydrogen) atoms. The van der Waals surface area contributed by atoms with E-state index >= 15 is 0 Å². The van der Waals surface area contributed by atoms with Crippen molar-refractivity contribution >= 4 is 5.91 Å². The summed E-state index contributed by atoms with van der Waals surface area (Å²) in [6.45, 7) is 2.46. The lowest BCUT2D eigenvalue weighted by molar-refractivity contribution is 0.0945. The maximum Gasteiger partial charge on any atom is 0.273 e. The number of carbonyl (C=O) groups excluding carboxylic acids is 1. The van der Waals surface area contributed by atoms with Gasteiger partial charge in [0.15, 0.2) is 5.69 Å². The van der Waals surface area contributed by atoms with Gasteiger partial charge in [0.1, 0.15) is 0 Å². The molecule has 1 fully saturated rings. The Morgan fingerprint density at radius 2 is 2.29 bits per heavy atom. The second kappa shape index (κ2) is 6.09. The number of aryl methyl sites for hydroxylation is 1. The molecule has 2 aromatic heterocycles. The van der Waals surface area contributed by atoms with E-state index in [4.69, 9.17) is 0 Å². The van der Waals surface area contributed by atoms with Crippen LogP contribution in [0.3, 0.4) is 0 Å². The molecule has 0 saturated carbocycles. The summed E-state index contributed by atoms with van der Waals surface area (Å²) in [4.78, 5) is 12.1. The van der Waals surface area contributed by atoms with Gasteiger partial charge < -0.3 is 15.2 Å². The van der Waals surface area contributed by atoms with Crippen LogP contribution < -0.4 is 10.6 Å². The van der Waals surface area contributed by atoms with Crippen LogP contribution in [0.15, 0.2) is 24.5 Å². The Hall–Kier alpha value is -2.15. The first-order chi connectivity index (χ1) is 10.2. The van der Waals surface area contributed by atoms with Crippen LogP contribution in [0.2, 0.25) is 0 Å².